The topological polar surface area (TPSA) is 68.9 Å². The van der Waals surface area contributed by atoms with E-state index in [1.807, 2.05) is 24.3 Å². The normalized spacial score (nSPS) is 11.0. The van der Waals surface area contributed by atoms with E-state index >= 15 is 0 Å². The highest BCUT2D eigenvalue weighted by molar-refractivity contribution is 6.00. The van der Waals surface area contributed by atoms with E-state index in [1.165, 1.54) is 12.1 Å². The summed E-state index contributed by atoms with van der Waals surface area (Å²) in [5, 5.41) is 0.851. The second-order valence-corrected chi connectivity index (χ2v) is 7.07. The minimum atomic E-state index is -0.621. The maximum Gasteiger partial charge on any atom is 0.267 e. The van der Waals surface area contributed by atoms with E-state index in [4.69, 9.17) is 5.73 Å². The predicted octanol–water partition coefficient (Wildman–Crippen LogP) is 4.79. The molecule has 0 radical (unpaired) electrons. The monoisotopic (exact) mass is 403 g/mol. The SMILES string of the molecule is NC(=O)c1cc(-c2ccc(F)cc2)c2ccc(CCc3ccc(CF)nc3)cc2n1. The molecule has 0 fully saturated rings. The number of halogens is 2. The third-order valence-electron chi connectivity index (χ3n) is 5.01. The Morgan fingerprint density at radius 1 is 0.933 bits per heavy atom. The Balaban J connectivity index is 1.68. The maximum atomic E-state index is 13.3. The van der Waals surface area contributed by atoms with E-state index < -0.39 is 12.6 Å². The van der Waals surface area contributed by atoms with Crippen molar-refractivity contribution in [1.82, 2.24) is 9.97 Å². The largest absolute Gasteiger partial charge is 0.364 e. The molecule has 4 aromatic rings. The number of hydrogen-bond donors (Lipinski definition) is 1. The van der Waals surface area contributed by atoms with E-state index in [0.717, 1.165) is 40.5 Å². The fourth-order valence-electron chi connectivity index (χ4n) is 3.39. The van der Waals surface area contributed by atoms with Gasteiger partial charge in [-0.1, -0.05) is 30.3 Å². The van der Waals surface area contributed by atoms with Gasteiger partial charge in [0, 0.05) is 11.6 Å². The Hall–Kier alpha value is -3.67. The number of hydrogen-bond acceptors (Lipinski definition) is 3. The lowest BCUT2D eigenvalue weighted by atomic mass is 9.97. The molecular weight excluding hydrogens is 384 g/mol. The first-order valence-corrected chi connectivity index (χ1v) is 9.52. The van der Waals surface area contributed by atoms with Gasteiger partial charge in [-0.3, -0.25) is 9.78 Å². The molecule has 4 rings (SSSR count). The van der Waals surface area contributed by atoms with E-state index in [9.17, 15) is 13.6 Å². The zero-order valence-electron chi connectivity index (χ0n) is 16.1. The summed E-state index contributed by atoms with van der Waals surface area (Å²) in [6, 6.07) is 17.2. The summed E-state index contributed by atoms with van der Waals surface area (Å²) in [5.41, 5.74) is 10.3. The standard InChI is InChI=1S/C24H19F2N3O/c25-13-19-9-3-16(14-28-19)2-1-15-4-10-20-21(17-5-7-18(26)8-6-17)12-23(24(27)30)29-22(20)11-15/h3-12,14H,1-2,13H2,(H2,27,30). The van der Waals surface area contributed by atoms with Gasteiger partial charge in [0.1, 0.15) is 18.2 Å². The van der Waals surface area contributed by atoms with E-state index in [2.05, 4.69) is 9.97 Å². The molecule has 150 valence electrons. The van der Waals surface area contributed by atoms with Crippen molar-refractivity contribution in [3.05, 3.63) is 95.2 Å². The van der Waals surface area contributed by atoms with Crippen molar-refractivity contribution < 1.29 is 13.6 Å². The van der Waals surface area contributed by atoms with Gasteiger partial charge in [-0.05, 0) is 65.4 Å². The number of amides is 1. The van der Waals surface area contributed by atoms with Crippen LogP contribution in [-0.2, 0) is 19.5 Å². The highest BCUT2D eigenvalue weighted by atomic mass is 19.1. The van der Waals surface area contributed by atoms with Crippen molar-refractivity contribution in [1.29, 1.82) is 0 Å². The van der Waals surface area contributed by atoms with Crippen LogP contribution in [0.3, 0.4) is 0 Å². The van der Waals surface area contributed by atoms with Gasteiger partial charge in [-0.15, -0.1) is 0 Å². The number of carbonyl (C=O) groups is 1. The molecule has 30 heavy (non-hydrogen) atoms. The molecule has 0 aliphatic rings. The summed E-state index contributed by atoms with van der Waals surface area (Å²) in [5.74, 6) is -0.951. The number of aryl methyl sites for hydroxylation is 2. The first-order chi connectivity index (χ1) is 14.5. The zero-order chi connectivity index (χ0) is 21.1. The van der Waals surface area contributed by atoms with Gasteiger partial charge in [0.05, 0.1) is 11.2 Å². The van der Waals surface area contributed by atoms with E-state index in [0.29, 0.717) is 11.2 Å². The van der Waals surface area contributed by atoms with Crippen molar-refractivity contribution >= 4 is 16.8 Å². The molecule has 2 heterocycles. The van der Waals surface area contributed by atoms with Gasteiger partial charge in [0.15, 0.2) is 0 Å². The maximum absolute atomic E-state index is 13.3. The fourth-order valence-corrected chi connectivity index (χ4v) is 3.39. The minimum absolute atomic E-state index is 0.157. The lowest BCUT2D eigenvalue weighted by Gasteiger charge is -2.11. The van der Waals surface area contributed by atoms with Crippen LogP contribution in [0.5, 0.6) is 0 Å². The third kappa shape index (κ3) is 4.17. The number of benzene rings is 2. The smallest absolute Gasteiger partial charge is 0.267 e. The summed E-state index contributed by atoms with van der Waals surface area (Å²) in [4.78, 5) is 20.3. The second-order valence-electron chi connectivity index (χ2n) is 7.07. The van der Waals surface area contributed by atoms with Crippen LogP contribution in [0.2, 0.25) is 0 Å². The Bertz CT molecular complexity index is 1210. The number of nitrogens with two attached hydrogens (primary N) is 1. The zero-order valence-corrected chi connectivity index (χ0v) is 16.1. The van der Waals surface area contributed by atoms with Gasteiger partial charge >= 0.3 is 0 Å². The number of nitrogens with zero attached hydrogens (tertiary/aromatic N) is 2. The molecule has 0 spiro atoms. The van der Waals surface area contributed by atoms with Crippen LogP contribution in [0.4, 0.5) is 8.78 Å². The molecule has 0 atom stereocenters. The average Bonchev–Trinajstić information content (AvgIpc) is 2.77. The quantitative estimate of drug-likeness (QED) is 0.503. The fraction of sp³-hybridized carbons (Fsp3) is 0.125. The van der Waals surface area contributed by atoms with Crippen molar-refractivity contribution in [2.45, 2.75) is 19.5 Å². The molecule has 0 saturated heterocycles. The van der Waals surface area contributed by atoms with E-state index in [1.54, 1.807) is 30.5 Å². The molecule has 4 nitrogen and oxygen atoms in total. The van der Waals surface area contributed by atoms with Crippen molar-refractivity contribution in [3.8, 4) is 11.1 Å². The number of alkyl halides is 1. The number of fused-ring (bicyclic) bond motifs is 1. The molecule has 0 aliphatic heterocycles. The Morgan fingerprint density at radius 2 is 1.67 bits per heavy atom. The van der Waals surface area contributed by atoms with Gasteiger partial charge in [-0.2, -0.15) is 0 Å². The molecule has 0 unspecified atom stereocenters. The second kappa shape index (κ2) is 8.37. The summed E-state index contributed by atoms with van der Waals surface area (Å²) in [6.07, 6.45) is 3.17. The molecule has 2 N–H and O–H groups in total. The number of primary amides is 1. The van der Waals surface area contributed by atoms with Gasteiger partial charge in [0.25, 0.3) is 5.91 Å². The van der Waals surface area contributed by atoms with Crippen molar-refractivity contribution in [3.63, 3.8) is 0 Å². The Kier molecular flexibility index (Phi) is 5.48. The number of carbonyl (C=O) groups excluding carboxylic acids is 1. The number of pyridine rings is 2. The first kappa shape index (κ1) is 19.6. The van der Waals surface area contributed by atoms with Gasteiger partial charge in [-0.25, -0.2) is 13.8 Å². The lowest BCUT2D eigenvalue weighted by Crippen LogP contribution is -2.13. The van der Waals surface area contributed by atoms with Crippen LogP contribution in [0.25, 0.3) is 22.0 Å². The molecule has 2 aromatic heterocycles. The summed E-state index contributed by atoms with van der Waals surface area (Å²) in [7, 11) is 0. The predicted molar refractivity (Wildman–Crippen MR) is 112 cm³/mol. The number of rotatable bonds is 6. The molecule has 0 bridgehead atoms. The summed E-state index contributed by atoms with van der Waals surface area (Å²) >= 11 is 0. The summed E-state index contributed by atoms with van der Waals surface area (Å²) in [6.45, 7) is -0.574. The van der Waals surface area contributed by atoms with Crippen molar-refractivity contribution in [2.75, 3.05) is 0 Å². The molecule has 2 aromatic carbocycles. The van der Waals surface area contributed by atoms with Crippen LogP contribution >= 0.6 is 0 Å². The molecule has 6 heteroatoms. The minimum Gasteiger partial charge on any atom is -0.364 e. The molecule has 0 saturated carbocycles. The molecule has 0 aliphatic carbocycles. The van der Waals surface area contributed by atoms with Crippen LogP contribution in [0.1, 0.15) is 27.3 Å². The highest BCUT2D eigenvalue weighted by Gasteiger charge is 2.12. The van der Waals surface area contributed by atoms with Crippen LogP contribution in [0.15, 0.2) is 66.9 Å². The first-order valence-electron chi connectivity index (χ1n) is 9.52. The Labute approximate surface area is 172 Å². The van der Waals surface area contributed by atoms with Crippen LogP contribution in [-0.4, -0.2) is 15.9 Å². The molecule has 1 amide bonds. The average molecular weight is 403 g/mol. The lowest BCUT2D eigenvalue weighted by molar-refractivity contribution is 0.0996. The Morgan fingerprint density at radius 3 is 2.33 bits per heavy atom. The third-order valence-corrected chi connectivity index (χ3v) is 5.01. The highest BCUT2D eigenvalue weighted by Crippen LogP contribution is 2.30. The van der Waals surface area contributed by atoms with Crippen molar-refractivity contribution in [2.24, 2.45) is 5.73 Å². The van der Waals surface area contributed by atoms with E-state index in [-0.39, 0.29) is 11.5 Å². The van der Waals surface area contributed by atoms with Crippen LogP contribution < -0.4 is 5.73 Å². The van der Waals surface area contributed by atoms with Gasteiger partial charge in [0.2, 0.25) is 0 Å². The van der Waals surface area contributed by atoms with Crippen LogP contribution in [0, 0.1) is 5.82 Å². The number of aromatic nitrogens is 2. The summed E-state index contributed by atoms with van der Waals surface area (Å²) < 4.78 is 25.9. The van der Waals surface area contributed by atoms with Gasteiger partial charge < -0.3 is 5.73 Å². The molecular formula is C24H19F2N3O.